The predicted octanol–water partition coefficient (Wildman–Crippen LogP) is 4.35. The van der Waals surface area contributed by atoms with Gasteiger partial charge < -0.3 is 4.74 Å². The molecule has 1 aliphatic rings. The molecule has 1 atom stereocenters. The van der Waals surface area contributed by atoms with Crippen molar-refractivity contribution in [2.75, 3.05) is 7.11 Å². The quantitative estimate of drug-likeness (QED) is 0.565. The number of hydrogen-bond donors (Lipinski definition) is 0. The minimum Gasteiger partial charge on any atom is -0.369 e. The van der Waals surface area contributed by atoms with Crippen molar-refractivity contribution in [2.24, 2.45) is 0 Å². The van der Waals surface area contributed by atoms with Crippen LogP contribution in [0, 0.1) is 3.57 Å². The fraction of sp³-hybridized carbons (Fsp3) is 0.333. The van der Waals surface area contributed by atoms with Crippen molar-refractivity contribution in [1.29, 1.82) is 0 Å². The molecule has 0 saturated heterocycles. The van der Waals surface area contributed by atoms with Gasteiger partial charge >= 0.3 is 0 Å². The highest BCUT2D eigenvalue weighted by molar-refractivity contribution is 14.1. The zero-order valence-corrected chi connectivity index (χ0v) is 13.9. The SMILES string of the molecule is COC(c1ccccc1)c1nc(Cl)c(I)c(C2CC2)n1. The first-order valence-corrected chi connectivity index (χ1v) is 7.97. The van der Waals surface area contributed by atoms with Crippen molar-refractivity contribution in [1.82, 2.24) is 9.97 Å². The summed E-state index contributed by atoms with van der Waals surface area (Å²) in [5, 5.41) is 0.524. The molecule has 5 heteroatoms. The summed E-state index contributed by atoms with van der Waals surface area (Å²) < 4.78 is 6.56. The first-order chi connectivity index (χ1) is 9.70. The molecule has 1 unspecified atom stereocenters. The van der Waals surface area contributed by atoms with Gasteiger partial charge in [0.05, 0.1) is 9.26 Å². The normalized spacial score (nSPS) is 16.1. The van der Waals surface area contributed by atoms with E-state index in [-0.39, 0.29) is 6.10 Å². The Labute approximate surface area is 136 Å². The van der Waals surface area contributed by atoms with Crippen molar-refractivity contribution in [3.63, 3.8) is 0 Å². The van der Waals surface area contributed by atoms with Crippen LogP contribution in [0.15, 0.2) is 30.3 Å². The molecule has 1 aliphatic carbocycles. The summed E-state index contributed by atoms with van der Waals surface area (Å²) in [6, 6.07) is 9.98. The Kier molecular flexibility index (Phi) is 4.23. The third-order valence-corrected chi connectivity index (χ3v) is 5.05. The maximum absolute atomic E-state index is 6.27. The fourth-order valence-electron chi connectivity index (χ4n) is 2.22. The second kappa shape index (κ2) is 5.95. The van der Waals surface area contributed by atoms with Gasteiger partial charge in [0.1, 0.15) is 11.3 Å². The molecule has 1 heterocycles. The van der Waals surface area contributed by atoms with Crippen LogP contribution in [0.2, 0.25) is 5.15 Å². The highest BCUT2D eigenvalue weighted by Crippen LogP contribution is 2.42. The van der Waals surface area contributed by atoms with Crippen molar-refractivity contribution in [3.8, 4) is 0 Å². The topological polar surface area (TPSA) is 35.0 Å². The predicted molar refractivity (Wildman–Crippen MR) is 87.0 cm³/mol. The van der Waals surface area contributed by atoms with E-state index in [1.165, 1.54) is 12.8 Å². The van der Waals surface area contributed by atoms with E-state index in [0.717, 1.165) is 14.8 Å². The smallest absolute Gasteiger partial charge is 0.163 e. The van der Waals surface area contributed by atoms with Crippen LogP contribution < -0.4 is 0 Å². The number of hydrogen-bond acceptors (Lipinski definition) is 3. The van der Waals surface area contributed by atoms with Gasteiger partial charge in [-0.2, -0.15) is 0 Å². The van der Waals surface area contributed by atoms with Gasteiger partial charge in [-0.25, -0.2) is 9.97 Å². The summed E-state index contributed by atoms with van der Waals surface area (Å²) in [5.74, 6) is 1.18. The van der Waals surface area contributed by atoms with Crippen molar-refractivity contribution in [2.45, 2.75) is 24.9 Å². The summed E-state index contributed by atoms with van der Waals surface area (Å²) in [7, 11) is 1.67. The van der Waals surface area contributed by atoms with Gasteiger partial charge in [-0.15, -0.1) is 0 Å². The molecule has 0 radical (unpaired) electrons. The number of aromatic nitrogens is 2. The Morgan fingerprint density at radius 2 is 1.95 bits per heavy atom. The van der Waals surface area contributed by atoms with Crippen LogP contribution in [0.4, 0.5) is 0 Å². The first-order valence-electron chi connectivity index (χ1n) is 6.51. The molecule has 104 valence electrons. The molecule has 3 nitrogen and oxygen atoms in total. The van der Waals surface area contributed by atoms with Crippen molar-refractivity contribution >= 4 is 34.2 Å². The summed E-state index contributed by atoms with van der Waals surface area (Å²) >= 11 is 8.49. The van der Waals surface area contributed by atoms with Crippen LogP contribution >= 0.6 is 34.2 Å². The minimum atomic E-state index is -0.275. The average molecular weight is 401 g/mol. The van der Waals surface area contributed by atoms with Crippen LogP contribution in [0.5, 0.6) is 0 Å². The van der Waals surface area contributed by atoms with Crippen LogP contribution in [0.25, 0.3) is 0 Å². The van der Waals surface area contributed by atoms with E-state index in [4.69, 9.17) is 21.3 Å². The van der Waals surface area contributed by atoms with Gasteiger partial charge in [0.15, 0.2) is 5.82 Å². The van der Waals surface area contributed by atoms with Gasteiger partial charge in [-0.05, 0) is 41.0 Å². The third-order valence-electron chi connectivity index (χ3n) is 3.39. The molecule has 0 spiro atoms. The van der Waals surface area contributed by atoms with E-state index >= 15 is 0 Å². The number of methoxy groups -OCH3 is 1. The molecule has 3 rings (SSSR count). The summed E-state index contributed by atoms with van der Waals surface area (Å²) in [4.78, 5) is 9.13. The van der Waals surface area contributed by atoms with Crippen LogP contribution in [-0.2, 0) is 4.74 Å². The molecule has 1 aromatic heterocycles. The molecule has 20 heavy (non-hydrogen) atoms. The summed E-state index contributed by atoms with van der Waals surface area (Å²) in [6.45, 7) is 0. The number of halogens is 2. The number of benzene rings is 1. The highest BCUT2D eigenvalue weighted by atomic mass is 127. The van der Waals surface area contributed by atoms with Crippen LogP contribution in [0.3, 0.4) is 0 Å². The molecule has 1 aromatic carbocycles. The third kappa shape index (κ3) is 2.82. The van der Waals surface area contributed by atoms with Crippen molar-refractivity contribution < 1.29 is 4.74 Å². The zero-order valence-electron chi connectivity index (χ0n) is 11.0. The Bertz CT molecular complexity index is 617. The van der Waals surface area contributed by atoms with E-state index in [1.54, 1.807) is 7.11 Å². The molecule has 0 amide bonds. The fourth-order valence-corrected chi connectivity index (χ4v) is 3.08. The van der Waals surface area contributed by atoms with Crippen molar-refractivity contribution in [3.05, 3.63) is 56.1 Å². The Morgan fingerprint density at radius 3 is 2.55 bits per heavy atom. The molecule has 0 bridgehead atoms. The summed E-state index contributed by atoms with van der Waals surface area (Å²) in [5.41, 5.74) is 2.10. The van der Waals surface area contributed by atoms with E-state index in [2.05, 4.69) is 27.6 Å². The van der Waals surface area contributed by atoms with Crippen LogP contribution in [-0.4, -0.2) is 17.1 Å². The van der Waals surface area contributed by atoms with Gasteiger partial charge in [0, 0.05) is 13.0 Å². The molecular formula is C15H14ClIN2O. The Balaban J connectivity index is 2.04. The second-order valence-corrected chi connectivity index (χ2v) is 6.31. The second-order valence-electron chi connectivity index (χ2n) is 4.87. The lowest BCUT2D eigenvalue weighted by atomic mass is 10.1. The highest BCUT2D eigenvalue weighted by Gasteiger charge is 2.30. The zero-order chi connectivity index (χ0) is 14.1. The lowest BCUT2D eigenvalue weighted by Crippen LogP contribution is -2.11. The maximum atomic E-state index is 6.27. The van der Waals surface area contributed by atoms with E-state index in [0.29, 0.717) is 16.9 Å². The van der Waals surface area contributed by atoms with Crippen LogP contribution in [0.1, 0.15) is 41.9 Å². The first kappa shape index (κ1) is 14.2. The Morgan fingerprint density at radius 1 is 1.25 bits per heavy atom. The van der Waals surface area contributed by atoms with Gasteiger partial charge in [0.2, 0.25) is 0 Å². The average Bonchev–Trinajstić information content (AvgIpc) is 3.29. The lowest BCUT2D eigenvalue weighted by molar-refractivity contribution is 0.128. The van der Waals surface area contributed by atoms with E-state index in [1.807, 2.05) is 30.3 Å². The molecule has 1 saturated carbocycles. The standard InChI is InChI=1S/C15H14ClIN2O/c1-20-13(10-5-3-2-4-6-10)15-18-12(9-7-8-9)11(17)14(16)19-15/h2-6,9,13H,7-8H2,1H3. The molecule has 0 aliphatic heterocycles. The van der Waals surface area contributed by atoms with E-state index in [9.17, 15) is 0 Å². The van der Waals surface area contributed by atoms with Gasteiger partial charge in [-0.1, -0.05) is 41.9 Å². The molecular weight excluding hydrogens is 387 g/mol. The van der Waals surface area contributed by atoms with Gasteiger partial charge in [-0.3, -0.25) is 0 Å². The minimum absolute atomic E-state index is 0.275. The van der Waals surface area contributed by atoms with Gasteiger partial charge in [0.25, 0.3) is 0 Å². The lowest BCUT2D eigenvalue weighted by Gasteiger charge is -2.16. The number of rotatable bonds is 4. The van der Waals surface area contributed by atoms with E-state index < -0.39 is 0 Å². The largest absolute Gasteiger partial charge is 0.369 e. The number of ether oxygens (including phenoxy) is 1. The molecule has 2 aromatic rings. The monoisotopic (exact) mass is 400 g/mol. The summed E-state index contributed by atoms with van der Waals surface area (Å²) in [6.07, 6.45) is 2.10. The number of nitrogens with zero attached hydrogens (tertiary/aromatic N) is 2. The molecule has 1 fully saturated rings. The Hall–Kier alpha value is -0.720. The maximum Gasteiger partial charge on any atom is 0.163 e. The molecule has 0 N–H and O–H groups in total.